The standard InChI is InChI=1S/C18H22N6O2/c1-24(12-14-7-9-25-10-8-14)18-17(19-11-13-5-3-2-4-6-13)20-15-16(21-18)23-26-22-15/h2-6,14H,7-12H2,1H3,(H,19,20,22). The zero-order valence-electron chi connectivity index (χ0n) is 14.8. The number of nitrogens with zero attached hydrogens (tertiary/aromatic N) is 5. The van der Waals surface area contributed by atoms with Gasteiger partial charge in [-0.2, -0.15) is 0 Å². The maximum absolute atomic E-state index is 5.46. The van der Waals surface area contributed by atoms with E-state index in [0.29, 0.717) is 29.6 Å². The largest absolute Gasteiger partial charge is 0.381 e. The molecule has 3 heterocycles. The second kappa shape index (κ2) is 7.65. The zero-order valence-corrected chi connectivity index (χ0v) is 14.8. The summed E-state index contributed by atoms with van der Waals surface area (Å²) in [6.07, 6.45) is 2.14. The number of benzene rings is 1. The van der Waals surface area contributed by atoms with Crippen molar-refractivity contribution in [2.45, 2.75) is 19.4 Å². The van der Waals surface area contributed by atoms with Crippen LogP contribution in [0.1, 0.15) is 18.4 Å². The molecule has 0 atom stereocenters. The van der Waals surface area contributed by atoms with Crippen molar-refractivity contribution in [2.24, 2.45) is 5.92 Å². The molecule has 8 nitrogen and oxygen atoms in total. The van der Waals surface area contributed by atoms with Crippen LogP contribution in [-0.4, -0.2) is 47.1 Å². The predicted octanol–water partition coefficient (Wildman–Crippen LogP) is 2.49. The van der Waals surface area contributed by atoms with Gasteiger partial charge in [0.25, 0.3) is 0 Å². The minimum absolute atomic E-state index is 0.406. The van der Waals surface area contributed by atoms with Crippen molar-refractivity contribution >= 4 is 22.9 Å². The summed E-state index contributed by atoms with van der Waals surface area (Å²) in [6, 6.07) is 10.2. The Morgan fingerprint density at radius 2 is 1.81 bits per heavy atom. The Hall–Kier alpha value is -2.74. The third kappa shape index (κ3) is 3.75. The molecule has 1 saturated heterocycles. The summed E-state index contributed by atoms with van der Waals surface area (Å²) in [5.74, 6) is 2.03. The minimum atomic E-state index is 0.406. The Balaban J connectivity index is 1.56. The molecule has 8 heteroatoms. The highest BCUT2D eigenvalue weighted by molar-refractivity contribution is 5.73. The Labute approximate surface area is 151 Å². The molecule has 0 saturated carbocycles. The SMILES string of the molecule is CN(CC1CCOCC1)c1nc2nonc2nc1NCc1ccccc1. The number of hydrogen-bond acceptors (Lipinski definition) is 8. The fraction of sp³-hybridized carbons (Fsp3) is 0.444. The predicted molar refractivity (Wildman–Crippen MR) is 98.0 cm³/mol. The van der Waals surface area contributed by atoms with E-state index in [-0.39, 0.29) is 0 Å². The molecule has 1 aromatic carbocycles. The molecule has 0 unspecified atom stereocenters. The molecule has 0 aliphatic carbocycles. The van der Waals surface area contributed by atoms with E-state index in [2.05, 4.69) is 42.6 Å². The second-order valence-electron chi connectivity index (χ2n) is 6.58. The molecule has 1 aliphatic rings. The number of aromatic nitrogens is 4. The quantitative estimate of drug-likeness (QED) is 0.722. The van der Waals surface area contributed by atoms with E-state index in [9.17, 15) is 0 Å². The van der Waals surface area contributed by atoms with Crippen molar-refractivity contribution in [1.29, 1.82) is 0 Å². The highest BCUT2D eigenvalue weighted by Crippen LogP contribution is 2.26. The number of anilines is 2. The van der Waals surface area contributed by atoms with Gasteiger partial charge in [-0.15, -0.1) is 0 Å². The third-order valence-corrected chi connectivity index (χ3v) is 4.63. The van der Waals surface area contributed by atoms with Crippen LogP contribution in [0.25, 0.3) is 11.3 Å². The normalized spacial score (nSPS) is 15.3. The van der Waals surface area contributed by atoms with Crippen LogP contribution in [0.15, 0.2) is 35.0 Å². The van der Waals surface area contributed by atoms with E-state index in [1.54, 1.807) is 0 Å². The molecule has 4 rings (SSSR count). The summed E-state index contributed by atoms with van der Waals surface area (Å²) >= 11 is 0. The molecule has 136 valence electrons. The summed E-state index contributed by atoms with van der Waals surface area (Å²) in [5, 5.41) is 11.0. The molecule has 1 aliphatic heterocycles. The smallest absolute Gasteiger partial charge is 0.245 e. The average Bonchev–Trinajstić information content (AvgIpc) is 3.14. The van der Waals surface area contributed by atoms with Crippen molar-refractivity contribution < 1.29 is 9.37 Å². The van der Waals surface area contributed by atoms with E-state index in [1.807, 2.05) is 25.2 Å². The van der Waals surface area contributed by atoms with Gasteiger partial charge >= 0.3 is 0 Å². The van der Waals surface area contributed by atoms with Gasteiger partial charge in [0.2, 0.25) is 11.3 Å². The summed E-state index contributed by atoms with van der Waals surface area (Å²) in [7, 11) is 2.03. The number of fused-ring (bicyclic) bond motifs is 1. The van der Waals surface area contributed by atoms with Gasteiger partial charge in [0.1, 0.15) is 0 Å². The van der Waals surface area contributed by atoms with E-state index in [0.717, 1.165) is 38.4 Å². The van der Waals surface area contributed by atoms with E-state index in [1.165, 1.54) is 5.56 Å². The van der Waals surface area contributed by atoms with Crippen LogP contribution in [0.2, 0.25) is 0 Å². The van der Waals surface area contributed by atoms with Crippen LogP contribution in [-0.2, 0) is 11.3 Å². The lowest BCUT2D eigenvalue weighted by Gasteiger charge is -2.28. The van der Waals surface area contributed by atoms with Gasteiger partial charge in [0, 0.05) is 33.4 Å². The molecular formula is C18H22N6O2. The second-order valence-corrected chi connectivity index (χ2v) is 6.58. The first-order valence-corrected chi connectivity index (χ1v) is 8.86. The van der Waals surface area contributed by atoms with Gasteiger partial charge in [-0.25, -0.2) is 14.6 Å². The maximum Gasteiger partial charge on any atom is 0.245 e. The van der Waals surface area contributed by atoms with Crippen molar-refractivity contribution in [1.82, 2.24) is 20.3 Å². The summed E-state index contributed by atoms with van der Waals surface area (Å²) in [6.45, 7) is 3.21. The molecule has 1 fully saturated rings. The van der Waals surface area contributed by atoms with E-state index < -0.39 is 0 Å². The first-order chi connectivity index (χ1) is 12.8. The maximum atomic E-state index is 5.46. The molecule has 0 amide bonds. The van der Waals surface area contributed by atoms with Crippen LogP contribution >= 0.6 is 0 Å². The summed E-state index contributed by atoms with van der Waals surface area (Å²) in [4.78, 5) is 11.3. The highest BCUT2D eigenvalue weighted by Gasteiger charge is 2.20. The summed E-state index contributed by atoms with van der Waals surface area (Å²) < 4.78 is 10.2. The fourth-order valence-electron chi connectivity index (χ4n) is 3.20. The highest BCUT2D eigenvalue weighted by atomic mass is 16.6. The monoisotopic (exact) mass is 354 g/mol. The average molecular weight is 354 g/mol. The zero-order chi connectivity index (χ0) is 17.8. The van der Waals surface area contributed by atoms with Gasteiger partial charge in [-0.05, 0) is 34.6 Å². The van der Waals surface area contributed by atoms with Crippen molar-refractivity contribution in [3.05, 3.63) is 35.9 Å². The fourth-order valence-corrected chi connectivity index (χ4v) is 3.20. The number of rotatable bonds is 6. The molecule has 0 bridgehead atoms. The molecular weight excluding hydrogens is 332 g/mol. The van der Waals surface area contributed by atoms with E-state index in [4.69, 9.17) is 9.37 Å². The third-order valence-electron chi connectivity index (χ3n) is 4.63. The molecule has 2 aromatic heterocycles. The number of hydrogen-bond donors (Lipinski definition) is 1. The lowest BCUT2D eigenvalue weighted by molar-refractivity contribution is 0.0685. The Bertz CT molecular complexity index is 847. The Morgan fingerprint density at radius 1 is 1.08 bits per heavy atom. The first-order valence-electron chi connectivity index (χ1n) is 8.86. The van der Waals surface area contributed by atoms with E-state index >= 15 is 0 Å². The van der Waals surface area contributed by atoms with Crippen LogP contribution in [0.3, 0.4) is 0 Å². The van der Waals surface area contributed by atoms with Crippen LogP contribution < -0.4 is 10.2 Å². The minimum Gasteiger partial charge on any atom is -0.381 e. The number of ether oxygens (including phenoxy) is 1. The lowest BCUT2D eigenvalue weighted by atomic mass is 10.00. The van der Waals surface area contributed by atoms with Crippen LogP contribution in [0, 0.1) is 5.92 Å². The van der Waals surface area contributed by atoms with Gasteiger partial charge < -0.3 is 15.0 Å². The van der Waals surface area contributed by atoms with Crippen molar-refractivity contribution in [3.63, 3.8) is 0 Å². The van der Waals surface area contributed by atoms with Crippen molar-refractivity contribution in [3.8, 4) is 0 Å². The summed E-state index contributed by atoms with van der Waals surface area (Å²) in [5.41, 5.74) is 2.00. The lowest BCUT2D eigenvalue weighted by Crippen LogP contribution is -2.30. The first kappa shape index (κ1) is 16.7. The van der Waals surface area contributed by atoms with Crippen LogP contribution in [0.4, 0.5) is 11.6 Å². The van der Waals surface area contributed by atoms with Gasteiger partial charge in [-0.1, -0.05) is 30.3 Å². The van der Waals surface area contributed by atoms with Crippen LogP contribution in [0.5, 0.6) is 0 Å². The molecule has 0 spiro atoms. The van der Waals surface area contributed by atoms with Crippen molar-refractivity contribution in [2.75, 3.05) is 37.0 Å². The van der Waals surface area contributed by atoms with Gasteiger partial charge in [-0.3, -0.25) is 0 Å². The molecule has 0 radical (unpaired) electrons. The Kier molecular flexibility index (Phi) is 4.92. The molecule has 1 N–H and O–H groups in total. The van der Waals surface area contributed by atoms with Gasteiger partial charge in [0.05, 0.1) is 0 Å². The molecule has 3 aromatic rings. The molecule has 26 heavy (non-hydrogen) atoms. The Morgan fingerprint density at radius 3 is 2.58 bits per heavy atom. The van der Waals surface area contributed by atoms with Gasteiger partial charge in [0.15, 0.2) is 11.6 Å². The topological polar surface area (TPSA) is 89.2 Å². The number of nitrogens with one attached hydrogen (secondary N) is 1.